The minimum absolute atomic E-state index is 0.140. The van der Waals surface area contributed by atoms with Crippen molar-refractivity contribution in [2.75, 3.05) is 14.2 Å². The van der Waals surface area contributed by atoms with Crippen molar-refractivity contribution in [3.63, 3.8) is 0 Å². The van der Waals surface area contributed by atoms with Crippen LogP contribution in [0.25, 0.3) is 0 Å². The Morgan fingerprint density at radius 1 is 0.955 bits per heavy atom. The van der Waals surface area contributed by atoms with E-state index in [1.165, 1.54) is 0 Å². The average molecular weight is 299 g/mol. The Hall–Kier alpha value is -2.69. The number of ether oxygens (including phenoxy) is 3. The lowest BCUT2D eigenvalue weighted by atomic mass is 9.92. The number of methoxy groups -OCH3 is 2. The average Bonchev–Trinajstić information content (AvgIpc) is 2.57. The summed E-state index contributed by atoms with van der Waals surface area (Å²) in [7, 11) is 3.16. The van der Waals surface area contributed by atoms with Crippen LogP contribution in [0, 0.1) is 0 Å². The van der Waals surface area contributed by atoms with E-state index >= 15 is 0 Å². The van der Waals surface area contributed by atoms with Crippen LogP contribution in [0.3, 0.4) is 0 Å². The molecule has 22 heavy (non-hydrogen) atoms. The number of hydrogen-bond acceptors (Lipinski definition) is 4. The highest BCUT2D eigenvalue weighted by molar-refractivity contribution is 5.89. The van der Waals surface area contributed by atoms with Crippen molar-refractivity contribution in [3.05, 3.63) is 54.1 Å². The molecule has 1 aliphatic rings. The Balaban J connectivity index is 1.87. The molecule has 5 nitrogen and oxygen atoms in total. The summed E-state index contributed by atoms with van der Waals surface area (Å²) in [5, 5.41) is 2.86. The molecule has 5 heteroatoms. The maximum absolute atomic E-state index is 11.9. The number of nitrogens with one attached hydrogen (secondary N) is 1. The second-order valence-electron chi connectivity index (χ2n) is 4.92. The Morgan fingerprint density at radius 2 is 1.73 bits per heavy atom. The van der Waals surface area contributed by atoms with Crippen LogP contribution in [0.2, 0.25) is 0 Å². The van der Waals surface area contributed by atoms with Gasteiger partial charge >= 0.3 is 0 Å². The van der Waals surface area contributed by atoms with Gasteiger partial charge in [0.15, 0.2) is 11.5 Å². The molecular weight excluding hydrogens is 282 g/mol. The minimum atomic E-state index is -0.580. The summed E-state index contributed by atoms with van der Waals surface area (Å²) in [5.41, 5.74) is 0.836. The molecule has 0 bridgehead atoms. The topological polar surface area (TPSA) is 56.8 Å². The standard InChI is InChI=1S/C17H17NO4/c1-20-13-10-6-9-12(15(13)21-2)14-16(17(19)18-14)22-11-7-4-3-5-8-11/h3-10,14,16H,1-2H3,(H,18,19)/t14-,16+/m1/s1. The van der Waals surface area contributed by atoms with E-state index in [1.807, 2.05) is 48.5 Å². The molecule has 0 saturated carbocycles. The second-order valence-corrected chi connectivity index (χ2v) is 4.92. The van der Waals surface area contributed by atoms with Gasteiger partial charge in [-0.1, -0.05) is 30.3 Å². The molecule has 0 spiro atoms. The lowest BCUT2D eigenvalue weighted by Crippen LogP contribution is -2.58. The first-order valence-electron chi connectivity index (χ1n) is 6.97. The van der Waals surface area contributed by atoms with Crippen molar-refractivity contribution in [1.82, 2.24) is 5.32 Å². The molecule has 0 unspecified atom stereocenters. The van der Waals surface area contributed by atoms with Gasteiger partial charge in [0.1, 0.15) is 11.8 Å². The summed E-state index contributed by atoms with van der Waals surface area (Å²) in [6.45, 7) is 0. The first-order valence-corrected chi connectivity index (χ1v) is 6.97. The van der Waals surface area contributed by atoms with Crippen LogP contribution in [0.1, 0.15) is 11.6 Å². The van der Waals surface area contributed by atoms with E-state index in [9.17, 15) is 4.79 Å². The second kappa shape index (κ2) is 5.97. The fraction of sp³-hybridized carbons (Fsp3) is 0.235. The van der Waals surface area contributed by atoms with Crippen LogP contribution < -0.4 is 19.5 Å². The summed E-state index contributed by atoms with van der Waals surface area (Å²) in [5.74, 6) is 1.75. The van der Waals surface area contributed by atoms with E-state index < -0.39 is 6.10 Å². The number of amides is 1. The summed E-state index contributed by atoms with van der Waals surface area (Å²) in [4.78, 5) is 11.9. The molecular formula is C17H17NO4. The van der Waals surface area contributed by atoms with Crippen molar-refractivity contribution >= 4 is 5.91 Å². The van der Waals surface area contributed by atoms with Gasteiger partial charge in [0.2, 0.25) is 6.10 Å². The molecule has 0 aliphatic carbocycles. The molecule has 2 atom stereocenters. The predicted molar refractivity (Wildman–Crippen MR) is 81.3 cm³/mol. The first-order chi connectivity index (χ1) is 10.7. The Bertz CT molecular complexity index is 672. The zero-order valence-corrected chi connectivity index (χ0v) is 12.4. The van der Waals surface area contributed by atoms with E-state index in [-0.39, 0.29) is 11.9 Å². The monoisotopic (exact) mass is 299 g/mol. The Kier molecular flexibility index (Phi) is 3.87. The molecule has 1 fully saturated rings. The van der Waals surface area contributed by atoms with Crippen molar-refractivity contribution in [2.45, 2.75) is 12.1 Å². The largest absolute Gasteiger partial charge is 0.493 e. The molecule has 1 N–H and O–H groups in total. The minimum Gasteiger partial charge on any atom is -0.493 e. The first kappa shape index (κ1) is 14.3. The Labute approximate surface area is 128 Å². The third kappa shape index (κ3) is 2.45. The van der Waals surface area contributed by atoms with E-state index in [0.717, 1.165) is 5.56 Å². The SMILES string of the molecule is COc1cccc([C@H]2NC(=O)[C@H]2Oc2ccccc2)c1OC. The molecule has 1 heterocycles. The fourth-order valence-electron chi connectivity index (χ4n) is 2.53. The smallest absolute Gasteiger partial charge is 0.264 e. The van der Waals surface area contributed by atoms with Crippen molar-refractivity contribution in [3.8, 4) is 17.2 Å². The van der Waals surface area contributed by atoms with Gasteiger partial charge in [-0.25, -0.2) is 0 Å². The van der Waals surface area contributed by atoms with Crippen LogP contribution in [0.5, 0.6) is 17.2 Å². The van der Waals surface area contributed by atoms with Crippen LogP contribution >= 0.6 is 0 Å². The number of β-lactam (4-membered cyclic amide) rings is 1. The van der Waals surface area contributed by atoms with Gasteiger partial charge in [-0.2, -0.15) is 0 Å². The number of hydrogen-bond donors (Lipinski definition) is 1. The molecule has 3 rings (SSSR count). The molecule has 1 saturated heterocycles. The van der Waals surface area contributed by atoms with Crippen LogP contribution in [0.15, 0.2) is 48.5 Å². The molecule has 1 aliphatic heterocycles. The summed E-state index contributed by atoms with van der Waals surface area (Å²) >= 11 is 0. The van der Waals surface area contributed by atoms with Crippen molar-refractivity contribution in [1.29, 1.82) is 0 Å². The van der Waals surface area contributed by atoms with Gasteiger partial charge in [0.25, 0.3) is 5.91 Å². The molecule has 0 radical (unpaired) electrons. The lowest BCUT2D eigenvalue weighted by Gasteiger charge is -2.37. The molecule has 2 aromatic rings. The highest BCUT2D eigenvalue weighted by Crippen LogP contribution is 2.39. The van der Waals surface area contributed by atoms with Gasteiger partial charge < -0.3 is 19.5 Å². The highest BCUT2D eigenvalue weighted by Gasteiger charge is 2.44. The van der Waals surface area contributed by atoms with Crippen molar-refractivity contribution < 1.29 is 19.0 Å². The molecule has 2 aromatic carbocycles. The number of para-hydroxylation sites is 2. The third-order valence-corrected chi connectivity index (χ3v) is 3.63. The lowest BCUT2D eigenvalue weighted by molar-refractivity contribution is -0.140. The van der Waals surface area contributed by atoms with Crippen LogP contribution in [-0.2, 0) is 4.79 Å². The quantitative estimate of drug-likeness (QED) is 0.861. The van der Waals surface area contributed by atoms with Crippen LogP contribution in [0.4, 0.5) is 0 Å². The zero-order valence-electron chi connectivity index (χ0n) is 12.4. The number of carbonyl (C=O) groups is 1. The zero-order chi connectivity index (χ0) is 15.5. The Morgan fingerprint density at radius 3 is 2.36 bits per heavy atom. The van der Waals surface area contributed by atoms with Gasteiger partial charge in [-0.15, -0.1) is 0 Å². The van der Waals surface area contributed by atoms with E-state index in [0.29, 0.717) is 17.2 Å². The summed E-state index contributed by atoms with van der Waals surface area (Å²) in [6.07, 6.45) is -0.580. The van der Waals surface area contributed by atoms with Gasteiger partial charge in [0.05, 0.1) is 14.2 Å². The number of benzene rings is 2. The van der Waals surface area contributed by atoms with Crippen LogP contribution in [-0.4, -0.2) is 26.2 Å². The molecule has 0 aromatic heterocycles. The van der Waals surface area contributed by atoms with E-state index in [2.05, 4.69) is 5.32 Å². The molecule has 114 valence electrons. The van der Waals surface area contributed by atoms with Crippen molar-refractivity contribution in [2.24, 2.45) is 0 Å². The molecule has 1 amide bonds. The van der Waals surface area contributed by atoms with E-state index in [4.69, 9.17) is 14.2 Å². The summed E-state index contributed by atoms with van der Waals surface area (Å²) < 4.78 is 16.5. The maximum atomic E-state index is 11.9. The summed E-state index contributed by atoms with van der Waals surface area (Å²) in [6, 6.07) is 14.6. The normalized spacial score (nSPS) is 19.8. The van der Waals surface area contributed by atoms with Gasteiger partial charge in [-0.3, -0.25) is 4.79 Å². The maximum Gasteiger partial charge on any atom is 0.264 e. The third-order valence-electron chi connectivity index (χ3n) is 3.63. The highest BCUT2D eigenvalue weighted by atomic mass is 16.5. The fourth-order valence-corrected chi connectivity index (χ4v) is 2.53. The number of carbonyl (C=O) groups excluding carboxylic acids is 1. The van der Waals surface area contributed by atoms with Gasteiger partial charge in [-0.05, 0) is 18.2 Å². The van der Waals surface area contributed by atoms with Gasteiger partial charge in [0, 0.05) is 5.56 Å². The number of rotatable bonds is 5. The van der Waals surface area contributed by atoms with E-state index in [1.54, 1.807) is 14.2 Å². The predicted octanol–water partition coefficient (Wildman–Crippen LogP) is 2.32.